The van der Waals surface area contributed by atoms with Crippen LogP contribution in [0.15, 0.2) is 84.9 Å². The molecule has 0 fully saturated rings. The van der Waals surface area contributed by atoms with Crippen LogP contribution in [0, 0.1) is 6.92 Å². The SMILES string of the molecule is Cc1ccccc1COC(=O)C(Cc1ccccc1)NC(=O)c1ccccc1. The van der Waals surface area contributed by atoms with Gasteiger partial charge in [-0.15, -0.1) is 0 Å². The van der Waals surface area contributed by atoms with E-state index in [1.54, 1.807) is 24.3 Å². The first kappa shape index (κ1) is 19.4. The lowest BCUT2D eigenvalue weighted by Gasteiger charge is -2.18. The van der Waals surface area contributed by atoms with Crippen LogP contribution in [0.5, 0.6) is 0 Å². The Labute approximate surface area is 165 Å². The number of rotatable bonds is 7. The molecule has 1 unspecified atom stereocenters. The van der Waals surface area contributed by atoms with Crippen molar-refractivity contribution < 1.29 is 14.3 Å². The van der Waals surface area contributed by atoms with Gasteiger partial charge in [-0.3, -0.25) is 4.79 Å². The number of carbonyl (C=O) groups excluding carboxylic acids is 2. The highest BCUT2D eigenvalue weighted by Gasteiger charge is 2.23. The summed E-state index contributed by atoms with van der Waals surface area (Å²) < 4.78 is 5.53. The summed E-state index contributed by atoms with van der Waals surface area (Å²) in [7, 11) is 0. The predicted molar refractivity (Wildman–Crippen MR) is 109 cm³/mol. The van der Waals surface area contributed by atoms with Gasteiger partial charge >= 0.3 is 5.97 Å². The second-order valence-electron chi connectivity index (χ2n) is 6.62. The van der Waals surface area contributed by atoms with Crippen LogP contribution in [0.4, 0.5) is 0 Å². The molecule has 0 aromatic heterocycles. The minimum Gasteiger partial charge on any atom is -0.459 e. The van der Waals surface area contributed by atoms with E-state index in [2.05, 4.69) is 5.32 Å². The summed E-state index contributed by atoms with van der Waals surface area (Å²) in [6, 6.07) is 25.4. The lowest BCUT2D eigenvalue weighted by molar-refractivity contribution is -0.147. The maximum Gasteiger partial charge on any atom is 0.329 e. The lowest BCUT2D eigenvalue weighted by Crippen LogP contribution is -2.43. The van der Waals surface area contributed by atoms with Crippen LogP contribution in [0.1, 0.15) is 27.0 Å². The maximum absolute atomic E-state index is 12.8. The molecule has 1 amide bonds. The second kappa shape index (κ2) is 9.51. The van der Waals surface area contributed by atoms with E-state index in [-0.39, 0.29) is 12.5 Å². The normalized spacial score (nSPS) is 11.5. The van der Waals surface area contributed by atoms with E-state index in [0.29, 0.717) is 12.0 Å². The van der Waals surface area contributed by atoms with Gasteiger partial charge in [0.25, 0.3) is 5.91 Å². The van der Waals surface area contributed by atoms with Crippen molar-refractivity contribution in [1.29, 1.82) is 0 Å². The van der Waals surface area contributed by atoms with Crippen molar-refractivity contribution in [2.45, 2.75) is 26.0 Å². The molecule has 142 valence electrons. The van der Waals surface area contributed by atoms with Gasteiger partial charge in [0.1, 0.15) is 12.6 Å². The Hall–Kier alpha value is -3.40. The summed E-state index contributed by atoms with van der Waals surface area (Å²) >= 11 is 0. The average molecular weight is 373 g/mol. The Morgan fingerprint density at radius 3 is 2.14 bits per heavy atom. The number of carbonyl (C=O) groups is 2. The fraction of sp³-hybridized carbons (Fsp3) is 0.167. The molecular formula is C24H23NO3. The lowest BCUT2D eigenvalue weighted by atomic mass is 10.1. The number of benzene rings is 3. The van der Waals surface area contributed by atoms with Gasteiger partial charge in [0.2, 0.25) is 0 Å². The summed E-state index contributed by atoms with van der Waals surface area (Å²) in [5.74, 6) is -0.745. The van der Waals surface area contributed by atoms with E-state index < -0.39 is 12.0 Å². The zero-order chi connectivity index (χ0) is 19.8. The van der Waals surface area contributed by atoms with Gasteiger partial charge in [-0.1, -0.05) is 72.8 Å². The number of esters is 1. The van der Waals surface area contributed by atoms with Crippen molar-refractivity contribution >= 4 is 11.9 Å². The highest BCUT2D eigenvalue weighted by Crippen LogP contribution is 2.11. The van der Waals surface area contributed by atoms with Crippen LogP contribution < -0.4 is 5.32 Å². The van der Waals surface area contributed by atoms with Crippen LogP contribution >= 0.6 is 0 Å². The largest absolute Gasteiger partial charge is 0.459 e. The molecule has 1 N–H and O–H groups in total. The summed E-state index contributed by atoms with van der Waals surface area (Å²) in [6.07, 6.45) is 0.367. The van der Waals surface area contributed by atoms with Crippen molar-refractivity contribution in [2.75, 3.05) is 0 Å². The molecule has 3 aromatic carbocycles. The number of amides is 1. The predicted octanol–water partition coefficient (Wildman–Crippen LogP) is 4.08. The van der Waals surface area contributed by atoms with Gasteiger partial charge in [0.15, 0.2) is 0 Å². The average Bonchev–Trinajstić information content (AvgIpc) is 2.74. The number of hydrogen-bond acceptors (Lipinski definition) is 3. The van der Waals surface area contributed by atoms with Crippen LogP contribution in [0.2, 0.25) is 0 Å². The van der Waals surface area contributed by atoms with E-state index in [1.165, 1.54) is 0 Å². The van der Waals surface area contributed by atoms with Gasteiger partial charge < -0.3 is 10.1 Å². The number of aryl methyl sites for hydroxylation is 1. The molecule has 0 aliphatic heterocycles. The first-order valence-corrected chi connectivity index (χ1v) is 9.24. The Balaban J connectivity index is 1.72. The van der Waals surface area contributed by atoms with Crippen molar-refractivity contribution in [2.24, 2.45) is 0 Å². The van der Waals surface area contributed by atoms with E-state index in [4.69, 9.17) is 4.74 Å². The zero-order valence-electron chi connectivity index (χ0n) is 15.8. The van der Waals surface area contributed by atoms with Gasteiger partial charge in [-0.25, -0.2) is 4.79 Å². The molecule has 0 heterocycles. The highest BCUT2D eigenvalue weighted by atomic mass is 16.5. The Bertz CT molecular complexity index is 923. The fourth-order valence-electron chi connectivity index (χ4n) is 2.90. The summed E-state index contributed by atoms with van der Waals surface area (Å²) in [5, 5.41) is 2.82. The van der Waals surface area contributed by atoms with Gasteiger partial charge in [0, 0.05) is 12.0 Å². The number of hydrogen-bond donors (Lipinski definition) is 1. The van der Waals surface area contributed by atoms with Crippen LogP contribution in [-0.4, -0.2) is 17.9 Å². The third-order valence-electron chi connectivity index (χ3n) is 4.54. The van der Waals surface area contributed by atoms with Crippen LogP contribution in [-0.2, 0) is 22.6 Å². The van der Waals surface area contributed by atoms with Crippen LogP contribution in [0.3, 0.4) is 0 Å². The minimum absolute atomic E-state index is 0.179. The molecule has 0 aliphatic rings. The molecule has 0 saturated heterocycles. The molecule has 28 heavy (non-hydrogen) atoms. The molecule has 4 nitrogen and oxygen atoms in total. The molecule has 0 radical (unpaired) electrons. The molecule has 0 spiro atoms. The summed E-state index contributed by atoms with van der Waals surface area (Å²) in [5.41, 5.74) is 3.47. The maximum atomic E-state index is 12.8. The Kier molecular flexibility index (Phi) is 6.58. The van der Waals surface area contributed by atoms with Gasteiger partial charge in [0.05, 0.1) is 0 Å². The van der Waals surface area contributed by atoms with Crippen molar-refractivity contribution in [3.8, 4) is 0 Å². The van der Waals surface area contributed by atoms with Gasteiger partial charge in [-0.05, 0) is 35.7 Å². The topological polar surface area (TPSA) is 55.4 Å². The first-order chi connectivity index (χ1) is 13.6. The smallest absolute Gasteiger partial charge is 0.329 e. The fourth-order valence-corrected chi connectivity index (χ4v) is 2.90. The van der Waals surface area contributed by atoms with Crippen molar-refractivity contribution in [1.82, 2.24) is 5.32 Å². The van der Waals surface area contributed by atoms with Crippen molar-refractivity contribution in [3.63, 3.8) is 0 Å². The molecule has 0 bridgehead atoms. The quantitative estimate of drug-likeness (QED) is 0.635. The van der Waals surface area contributed by atoms with E-state index in [9.17, 15) is 9.59 Å². The standard InChI is InChI=1S/C24H23NO3/c1-18-10-8-9-15-21(18)17-28-24(27)22(16-19-11-4-2-5-12-19)25-23(26)20-13-6-3-7-14-20/h2-15,22H,16-17H2,1H3,(H,25,26). The molecular weight excluding hydrogens is 350 g/mol. The number of ether oxygens (including phenoxy) is 1. The van der Waals surface area contributed by atoms with Crippen molar-refractivity contribution in [3.05, 3.63) is 107 Å². The third kappa shape index (κ3) is 5.30. The first-order valence-electron chi connectivity index (χ1n) is 9.24. The minimum atomic E-state index is -0.765. The second-order valence-corrected chi connectivity index (χ2v) is 6.62. The zero-order valence-corrected chi connectivity index (χ0v) is 15.8. The molecule has 0 saturated carbocycles. The Morgan fingerprint density at radius 2 is 1.46 bits per heavy atom. The van der Waals surface area contributed by atoms with E-state index in [0.717, 1.165) is 16.7 Å². The summed E-state index contributed by atoms with van der Waals surface area (Å²) in [6.45, 7) is 2.15. The third-order valence-corrected chi connectivity index (χ3v) is 4.54. The highest BCUT2D eigenvalue weighted by molar-refractivity contribution is 5.96. The monoisotopic (exact) mass is 373 g/mol. The summed E-state index contributed by atoms with van der Waals surface area (Å²) in [4.78, 5) is 25.3. The Morgan fingerprint density at radius 1 is 0.857 bits per heavy atom. The molecule has 4 heteroatoms. The van der Waals surface area contributed by atoms with Crippen LogP contribution in [0.25, 0.3) is 0 Å². The molecule has 3 aromatic rings. The molecule has 3 rings (SSSR count). The number of nitrogens with one attached hydrogen (secondary N) is 1. The molecule has 0 aliphatic carbocycles. The van der Waals surface area contributed by atoms with E-state index in [1.807, 2.05) is 67.6 Å². The van der Waals surface area contributed by atoms with Gasteiger partial charge in [-0.2, -0.15) is 0 Å². The molecule has 1 atom stereocenters. The van der Waals surface area contributed by atoms with E-state index >= 15 is 0 Å².